The second-order valence-corrected chi connectivity index (χ2v) is 4.26. The van der Waals surface area contributed by atoms with Crippen LogP contribution in [0.1, 0.15) is 13.8 Å². The van der Waals surface area contributed by atoms with Crippen LogP contribution in [0.25, 0.3) is 0 Å². The Kier molecular flexibility index (Phi) is 4.35. The Morgan fingerprint density at radius 1 is 1.08 bits per heavy atom. The Morgan fingerprint density at radius 2 is 1.46 bits per heavy atom. The molecule has 2 aliphatic rings. The van der Waals surface area contributed by atoms with Gasteiger partial charge in [-0.25, -0.2) is 0 Å². The highest BCUT2D eigenvalue weighted by atomic mass is 31.1. The molecule has 78 valence electrons. The van der Waals surface area contributed by atoms with Crippen LogP contribution >= 0.6 is 8.25 Å². The zero-order chi connectivity index (χ0) is 9.73. The molecule has 0 bridgehead atoms. The molecule has 0 amide bonds. The molecule has 6 heteroatoms. The van der Waals surface area contributed by atoms with E-state index >= 15 is 0 Å². The van der Waals surface area contributed by atoms with E-state index in [1.54, 1.807) is 13.8 Å². The van der Waals surface area contributed by atoms with Crippen molar-refractivity contribution in [2.45, 2.75) is 19.6 Å². The first-order valence-corrected chi connectivity index (χ1v) is 5.66. The minimum Gasteiger partial charge on any atom is -0.314 e. The highest BCUT2D eigenvalue weighted by Gasteiger charge is 2.34. The number of hydrogen-bond acceptors (Lipinski definition) is 5. The van der Waals surface area contributed by atoms with Gasteiger partial charge in [0.15, 0.2) is 5.79 Å². The molecule has 2 heterocycles. The minimum atomic E-state index is -2.05. The first kappa shape index (κ1) is 11.1. The minimum absolute atomic E-state index is 0.573. The number of piperazine rings is 1. The van der Waals surface area contributed by atoms with E-state index in [4.69, 9.17) is 0 Å². The van der Waals surface area contributed by atoms with Crippen LogP contribution in [0, 0.1) is 0 Å². The summed E-state index contributed by atoms with van der Waals surface area (Å²) >= 11 is 0. The number of nitrogens with one attached hydrogen (secondary N) is 2. The van der Waals surface area contributed by atoms with Crippen LogP contribution in [-0.4, -0.2) is 32.0 Å². The van der Waals surface area contributed by atoms with E-state index in [0.717, 1.165) is 26.2 Å². The van der Waals surface area contributed by atoms with E-state index in [9.17, 15) is 4.57 Å². The quantitative estimate of drug-likeness (QED) is 0.562. The molecule has 2 aliphatic heterocycles. The lowest BCUT2D eigenvalue weighted by molar-refractivity contribution is -0.157. The van der Waals surface area contributed by atoms with Crippen LogP contribution < -0.4 is 10.6 Å². The van der Waals surface area contributed by atoms with Crippen molar-refractivity contribution >= 4 is 8.25 Å². The molecule has 0 atom stereocenters. The molecular weight excluding hydrogens is 191 g/mol. The van der Waals surface area contributed by atoms with Gasteiger partial charge >= 0.3 is 8.25 Å². The molecule has 0 saturated carbocycles. The second kappa shape index (κ2) is 5.08. The molecule has 0 aromatic heterocycles. The monoisotopic (exact) mass is 208 g/mol. The zero-order valence-electron chi connectivity index (χ0n) is 8.05. The molecule has 0 aromatic carbocycles. The second-order valence-electron chi connectivity index (χ2n) is 3.35. The van der Waals surface area contributed by atoms with Gasteiger partial charge in [0.2, 0.25) is 0 Å². The molecule has 0 aliphatic carbocycles. The standard InChI is InChI=1S/C4H10N2.C3H7O3P/c1-2-6-4-3-5-1;1-3(2)5-7(4)6-3/h5-6H,1-4H2;7H,1-2H3. The summed E-state index contributed by atoms with van der Waals surface area (Å²) in [6.45, 7) is 8.00. The van der Waals surface area contributed by atoms with Crippen molar-refractivity contribution in [1.29, 1.82) is 0 Å². The molecule has 2 fully saturated rings. The first-order valence-electron chi connectivity index (χ1n) is 4.43. The maximum atomic E-state index is 10.1. The van der Waals surface area contributed by atoms with Gasteiger partial charge in [-0.3, -0.25) is 13.6 Å². The van der Waals surface area contributed by atoms with E-state index in [1.807, 2.05) is 0 Å². The van der Waals surface area contributed by atoms with Gasteiger partial charge in [-0.2, -0.15) is 0 Å². The largest absolute Gasteiger partial charge is 0.324 e. The van der Waals surface area contributed by atoms with Gasteiger partial charge in [-0.1, -0.05) is 0 Å². The summed E-state index contributed by atoms with van der Waals surface area (Å²) in [5.74, 6) is -0.573. The number of hydrogen-bond donors (Lipinski definition) is 2. The van der Waals surface area contributed by atoms with E-state index < -0.39 is 14.0 Å². The Balaban J connectivity index is 0.000000132. The van der Waals surface area contributed by atoms with E-state index in [2.05, 4.69) is 19.7 Å². The lowest BCUT2D eigenvalue weighted by Gasteiger charge is -2.32. The summed E-state index contributed by atoms with van der Waals surface area (Å²) in [7, 11) is -2.05. The Morgan fingerprint density at radius 3 is 1.54 bits per heavy atom. The van der Waals surface area contributed by atoms with Crippen LogP contribution in [0.2, 0.25) is 0 Å². The van der Waals surface area contributed by atoms with Crippen molar-refractivity contribution in [2.24, 2.45) is 0 Å². The highest BCUT2D eigenvalue weighted by Crippen LogP contribution is 2.46. The summed E-state index contributed by atoms with van der Waals surface area (Å²) in [5, 5.41) is 6.44. The van der Waals surface area contributed by atoms with Crippen LogP contribution in [0.5, 0.6) is 0 Å². The van der Waals surface area contributed by atoms with Crippen molar-refractivity contribution in [3.8, 4) is 0 Å². The van der Waals surface area contributed by atoms with Crippen LogP contribution in [0.4, 0.5) is 0 Å². The average Bonchev–Trinajstić information content (AvgIpc) is 2.05. The molecular formula is C7H17N2O3P. The average molecular weight is 208 g/mol. The third kappa shape index (κ3) is 4.74. The van der Waals surface area contributed by atoms with Gasteiger partial charge in [0.25, 0.3) is 0 Å². The summed E-state index contributed by atoms with van der Waals surface area (Å²) in [6, 6.07) is 0. The van der Waals surface area contributed by atoms with Gasteiger partial charge in [0, 0.05) is 26.2 Å². The van der Waals surface area contributed by atoms with Gasteiger partial charge in [-0.05, 0) is 13.8 Å². The summed E-state index contributed by atoms with van der Waals surface area (Å²) in [6.07, 6.45) is 0. The highest BCUT2D eigenvalue weighted by molar-refractivity contribution is 7.34. The number of rotatable bonds is 0. The fraction of sp³-hybridized carbons (Fsp3) is 1.00. The third-order valence-corrected chi connectivity index (χ3v) is 2.93. The molecule has 0 unspecified atom stereocenters. The van der Waals surface area contributed by atoms with Gasteiger partial charge in [0.1, 0.15) is 0 Å². The predicted molar refractivity (Wildman–Crippen MR) is 51.0 cm³/mol. The summed E-state index contributed by atoms with van der Waals surface area (Å²) in [4.78, 5) is 0. The Hall–Kier alpha value is 0.0700. The Bertz CT molecular complexity index is 161. The fourth-order valence-electron chi connectivity index (χ4n) is 1.01. The van der Waals surface area contributed by atoms with Gasteiger partial charge in [-0.15, -0.1) is 0 Å². The smallest absolute Gasteiger partial charge is 0.314 e. The maximum Gasteiger partial charge on any atom is 0.324 e. The first-order chi connectivity index (χ1) is 6.10. The lowest BCUT2D eigenvalue weighted by atomic mass is 10.4. The third-order valence-electron chi connectivity index (χ3n) is 1.62. The van der Waals surface area contributed by atoms with E-state index in [-0.39, 0.29) is 0 Å². The van der Waals surface area contributed by atoms with Gasteiger partial charge < -0.3 is 10.6 Å². The van der Waals surface area contributed by atoms with Crippen molar-refractivity contribution in [1.82, 2.24) is 10.6 Å². The van der Waals surface area contributed by atoms with E-state index in [1.165, 1.54) is 0 Å². The molecule has 13 heavy (non-hydrogen) atoms. The van der Waals surface area contributed by atoms with Crippen molar-refractivity contribution < 1.29 is 13.6 Å². The molecule has 2 saturated heterocycles. The normalized spacial score (nSPS) is 26.9. The van der Waals surface area contributed by atoms with Gasteiger partial charge in [0.05, 0.1) is 0 Å². The predicted octanol–water partition coefficient (Wildman–Crippen LogP) is 0.338. The van der Waals surface area contributed by atoms with Crippen LogP contribution in [0.3, 0.4) is 0 Å². The zero-order valence-corrected chi connectivity index (χ0v) is 9.05. The topological polar surface area (TPSA) is 59.6 Å². The molecule has 5 nitrogen and oxygen atoms in total. The SMILES string of the molecule is C1CNCCN1.CC1(C)O[PH](=O)O1. The van der Waals surface area contributed by atoms with Crippen LogP contribution in [0.15, 0.2) is 0 Å². The van der Waals surface area contributed by atoms with E-state index in [0.29, 0.717) is 0 Å². The van der Waals surface area contributed by atoms with Crippen molar-refractivity contribution in [2.75, 3.05) is 26.2 Å². The Labute approximate surface area is 79.1 Å². The van der Waals surface area contributed by atoms with Crippen molar-refractivity contribution in [3.63, 3.8) is 0 Å². The van der Waals surface area contributed by atoms with Crippen LogP contribution in [-0.2, 0) is 13.6 Å². The lowest BCUT2D eigenvalue weighted by Crippen LogP contribution is -2.39. The molecule has 0 aromatic rings. The van der Waals surface area contributed by atoms with Crippen molar-refractivity contribution in [3.05, 3.63) is 0 Å². The molecule has 0 spiro atoms. The molecule has 2 N–H and O–H groups in total. The fourth-order valence-corrected chi connectivity index (χ4v) is 1.83. The summed E-state index contributed by atoms with van der Waals surface area (Å²) < 4.78 is 19.4. The molecule has 0 radical (unpaired) electrons. The maximum absolute atomic E-state index is 10.1. The molecule has 2 rings (SSSR count). The summed E-state index contributed by atoms with van der Waals surface area (Å²) in [5.41, 5.74) is 0.